The summed E-state index contributed by atoms with van der Waals surface area (Å²) in [5.74, 6) is -0.899. The second kappa shape index (κ2) is 5.74. The summed E-state index contributed by atoms with van der Waals surface area (Å²) in [5.41, 5.74) is 0.415. The number of aliphatic hydroxyl groups excluding tert-OH is 1. The second-order valence-corrected chi connectivity index (χ2v) is 7.67. The molecule has 1 aliphatic heterocycles. The molecule has 8 nitrogen and oxygen atoms in total. The Hall–Kier alpha value is -1.45. The van der Waals surface area contributed by atoms with Crippen molar-refractivity contribution in [3.8, 4) is 0 Å². The number of carbonyl (C=O) groups is 1. The molecule has 0 spiro atoms. The fourth-order valence-electron chi connectivity index (χ4n) is 2.35. The van der Waals surface area contributed by atoms with Gasteiger partial charge in [0.1, 0.15) is 5.69 Å². The highest BCUT2D eigenvalue weighted by Gasteiger charge is 2.38. The summed E-state index contributed by atoms with van der Waals surface area (Å²) in [5, 5.41) is 14.0. The molecule has 1 N–H and O–H groups in total. The molecule has 1 aromatic heterocycles. The van der Waals surface area contributed by atoms with Crippen LogP contribution in [0.4, 0.5) is 0 Å². The molecule has 2 heterocycles. The average Bonchev–Trinajstić information content (AvgIpc) is 2.95. The fourth-order valence-corrected chi connectivity index (χ4v) is 3.52. The summed E-state index contributed by atoms with van der Waals surface area (Å²) in [6.45, 7) is 0.357. The quantitative estimate of drug-likeness (QED) is 0.748. The van der Waals surface area contributed by atoms with E-state index in [1.807, 2.05) is 0 Å². The van der Waals surface area contributed by atoms with Crippen LogP contribution in [0.1, 0.15) is 10.5 Å². The molecule has 1 amide bonds. The summed E-state index contributed by atoms with van der Waals surface area (Å²) >= 11 is 0. The molecular weight excluding hydrogens is 296 g/mol. The largest absolute Gasteiger partial charge is 0.391 e. The van der Waals surface area contributed by atoms with Crippen molar-refractivity contribution in [2.24, 2.45) is 13.0 Å². The van der Waals surface area contributed by atoms with Gasteiger partial charge in [-0.3, -0.25) is 9.48 Å². The number of nitrogens with zero attached hydrogens (tertiary/aromatic N) is 4. The minimum Gasteiger partial charge on any atom is -0.391 e. The molecule has 2 atom stereocenters. The van der Waals surface area contributed by atoms with Crippen molar-refractivity contribution < 1.29 is 18.3 Å². The normalized spacial score (nSPS) is 23.0. The Labute approximate surface area is 124 Å². The van der Waals surface area contributed by atoms with Crippen LogP contribution in [-0.4, -0.2) is 77.5 Å². The molecule has 1 saturated heterocycles. The number of likely N-dealkylation sites (tertiary alicyclic amines) is 1. The fraction of sp³-hybridized carbons (Fsp3) is 0.667. The first-order chi connectivity index (χ1) is 9.72. The standard InChI is InChI=1S/C12H20N4O4S/c1-14(2)21(19,20)8-9-6-16(7-11(9)17)12(18)10-4-5-13-15(10)3/h4-5,9,11,17H,6-8H2,1-3H3/t9-,11+/m0/s1. The Balaban J connectivity index is 2.08. The lowest BCUT2D eigenvalue weighted by Gasteiger charge is -2.18. The van der Waals surface area contributed by atoms with Gasteiger partial charge in [0, 0.05) is 46.3 Å². The van der Waals surface area contributed by atoms with Crippen molar-refractivity contribution in [3.05, 3.63) is 18.0 Å². The van der Waals surface area contributed by atoms with Gasteiger partial charge in [-0.1, -0.05) is 0 Å². The molecule has 2 rings (SSSR count). The van der Waals surface area contributed by atoms with Crippen LogP contribution in [0.25, 0.3) is 0 Å². The molecule has 1 fully saturated rings. The Morgan fingerprint density at radius 3 is 2.67 bits per heavy atom. The number of β-amino-alcohol motifs (C(OH)–C–C–N with tert-alkyl or cyclic N) is 1. The number of sulfonamides is 1. The van der Waals surface area contributed by atoms with Gasteiger partial charge in [-0.15, -0.1) is 0 Å². The predicted molar refractivity (Wildman–Crippen MR) is 76.1 cm³/mol. The van der Waals surface area contributed by atoms with Crippen molar-refractivity contribution in [2.45, 2.75) is 6.10 Å². The number of amides is 1. The van der Waals surface area contributed by atoms with E-state index in [0.717, 1.165) is 4.31 Å². The highest BCUT2D eigenvalue weighted by Crippen LogP contribution is 2.21. The van der Waals surface area contributed by atoms with Crippen LogP contribution >= 0.6 is 0 Å². The van der Waals surface area contributed by atoms with Crippen LogP contribution < -0.4 is 0 Å². The number of carbonyl (C=O) groups excluding carboxylic acids is 1. The van der Waals surface area contributed by atoms with Gasteiger partial charge in [-0.2, -0.15) is 5.10 Å². The zero-order valence-corrected chi connectivity index (χ0v) is 13.1. The molecule has 118 valence electrons. The summed E-state index contributed by atoms with van der Waals surface area (Å²) < 4.78 is 26.4. The maximum atomic E-state index is 12.3. The molecule has 1 aromatic rings. The van der Waals surface area contributed by atoms with Crippen molar-refractivity contribution in [2.75, 3.05) is 32.9 Å². The first kappa shape index (κ1) is 15.9. The third-order valence-corrected chi connectivity index (χ3v) is 5.68. The van der Waals surface area contributed by atoms with Gasteiger partial charge in [-0.05, 0) is 6.07 Å². The SMILES string of the molecule is CN(C)S(=O)(=O)C[C@@H]1CN(C(=O)c2ccnn2C)C[C@H]1O. The topological polar surface area (TPSA) is 95.7 Å². The lowest BCUT2D eigenvalue weighted by atomic mass is 10.1. The molecule has 21 heavy (non-hydrogen) atoms. The van der Waals surface area contributed by atoms with Gasteiger partial charge >= 0.3 is 0 Å². The third kappa shape index (κ3) is 3.25. The average molecular weight is 316 g/mol. The third-order valence-electron chi connectivity index (χ3n) is 3.71. The lowest BCUT2D eigenvalue weighted by Crippen LogP contribution is -2.34. The number of aromatic nitrogens is 2. The van der Waals surface area contributed by atoms with Crippen LogP contribution in [0.15, 0.2) is 12.3 Å². The van der Waals surface area contributed by atoms with Crippen LogP contribution in [0.5, 0.6) is 0 Å². The smallest absolute Gasteiger partial charge is 0.272 e. The number of aryl methyl sites for hydroxylation is 1. The van der Waals surface area contributed by atoms with E-state index in [0.29, 0.717) is 5.69 Å². The second-order valence-electron chi connectivity index (χ2n) is 5.44. The van der Waals surface area contributed by atoms with Crippen LogP contribution in [0, 0.1) is 5.92 Å². The van der Waals surface area contributed by atoms with Crippen LogP contribution in [-0.2, 0) is 17.1 Å². The molecule has 0 aliphatic carbocycles. The lowest BCUT2D eigenvalue weighted by molar-refractivity contribution is 0.0754. The first-order valence-electron chi connectivity index (χ1n) is 6.58. The zero-order valence-electron chi connectivity index (χ0n) is 12.3. The zero-order chi connectivity index (χ0) is 15.8. The highest BCUT2D eigenvalue weighted by molar-refractivity contribution is 7.89. The molecular formula is C12H20N4O4S. The Morgan fingerprint density at radius 1 is 1.48 bits per heavy atom. The van der Waals surface area contributed by atoms with Gasteiger partial charge in [0.25, 0.3) is 5.91 Å². The number of rotatable bonds is 4. The monoisotopic (exact) mass is 316 g/mol. The van der Waals surface area contributed by atoms with Gasteiger partial charge in [0.2, 0.25) is 10.0 Å². The van der Waals surface area contributed by atoms with Crippen molar-refractivity contribution >= 4 is 15.9 Å². The summed E-state index contributed by atoms with van der Waals surface area (Å²) in [6.07, 6.45) is 0.685. The van der Waals surface area contributed by atoms with E-state index in [2.05, 4.69) is 5.10 Å². The van der Waals surface area contributed by atoms with Crippen molar-refractivity contribution in [3.63, 3.8) is 0 Å². The van der Waals surface area contributed by atoms with Crippen molar-refractivity contribution in [1.29, 1.82) is 0 Å². The summed E-state index contributed by atoms with van der Waals surface area (Å²) in [4.78, 5) is 13.8. The van der Waals surface area contributed by atoms with E-state index >= 15 is 0 Å². The van der Waals surface area contributed by atoms with Crippen LogP contribution in [0.3, 0.4) is 0 Å². The Morgan fingerprint density at radius 2 is 2.14 bits per heavy atom. The van der Waals surface area contributed by atoms with E-state index in [-0.39, 0.29) is 24.7 Å². The number of aliphatic hydroxyl groups is 1. The molecule has 0 radical (unpaired) electrons. The minimum atomic E-state index is -3.41. The Kier molecular flexibility index (Phi) is 4.35. The maximum Gasteiger partial charge on any atom is 0.272 e. The minimum absolute atomic E-state index is 0.137. The van der Waals surface area contributed by atoms with E-state index < -0.39 is 22.0 Å². The van der Waals surface area contributed by atoms with Gasteiger partial charge in [0.05, 0.1) is 11.9 Å². The highest BCUT2D eigenvalue weighted by atomic mass is 32.2. The molecule has 0 aromatic carbocycles. The van der Waals surface area contributed by atoms with Crippen molar-refractivity contribution in [1.82, 2.24) is 19.0 Å². The Bertz CT molecular complexity index is 625. The number of hydrogen-bond acceptors (Lipinski definition) is 5. The van der Waals surface area contributed by atoms with Gasteiger partial charge in [-0.25, -0.2) is 12.7 Å². The van der Waals surface area contributed by atoms with E-state index in [1.54, 1.807) is 13.1 Å². The van der Waals surface area contributed by atoms with Gasteiger partial charge < -0.3 is 10.0 Å². The van der Waals surface area contributed by atoms with Crippen LogP contribution in [0.2, 0.25) is 0 Å². The molecule has 0 unspecified atom stereocenters. The van der Waals surface area contributed by atoms with E-state index in [9.17, 15) is 18.3 Å². The predicted octanol–water partition coefficient (Wildman–Crippen LogP) is -1.26. The van der Waals surface area contributed by atoms with E-state index in [1.165, 1.54) is 29.9 Å². The van der Waals surface area contributed by atoms with Gasteiger partial charge in [0.15, 0.2) is 0 Å². The summed E-state index contributed by atoms with van der Waals surface area (Å²) in [7, 11) is 1.16. The number of hydrogen-bond donors (Lipinski definition) is 1. The molecule has 0 bridgehead atoms. The summed E-state index contributed by atoms with van der Waals surface area (Å²) in [6, 6.07) is 1.60. The van der Waals surface area contributed by atoms with E-state index in [4.69, 9.17) is 0 Å². The molecule has 1 aliphatic rings. The first-order valence-corrected chi connectivity index (χ1v) is 8.19. The maximum absolute atomic E-state index is 12.3. The molecule has 9 heteroatoms. The molecule has 0 saturated carbocycles.